The van der Waals surface area contributed by atoms with Crippen molar-refractivity contribution in [3.63, 3.8) is 0 Å². The minimum absolute atomic E-state index is 0.0394. The van der Waals surface area contributed by atoms with Gasteiger partial charge in [-0.3, -0.25) is 10.1 Å². The minimum Gasteiger partial charge on any atom is -0.434 e. The highest BCUT2D eigenvalue weighted by Gasteiger charge is 2.26. The SMILES string of the molecule is CC(C)c1ccc(Oc2ncnc(NCC3CCCO3)c2[N+](=O)[O-])cc1. The first-order valence-electron chi connectivity index (χ1n) is 8.67. The fraction of sp³-hybridized carbons (Fsp3) is 0.444. The van der Waals surface area contributed by atoms with Crippen molar-refractivity contribution < 1.29 is 14.4 Å². The van der Waals surface area contributed by atoms with E-state index in [1.165, 1.54) is 6.33 Å². The molecule has 2 heterocycles. The van der Waals surface area contributed by atoms with E-state index in [4.69, 9.17) is 9.47 Å². The lowest BCUT2D eigenvalue weighted by atomic mass is 10.0. The number of hydrogen-bond acceptors (Lipinski definition) is 7. The van der Waals surface area contributed by atoms with Gasteiger partial charge in [0.15, 0.2) is 0 Å². The normalized spacial score (nSPS) is 16.7. The summed E-state index contributed by atoms with van der Waals surface area (Å²) in [6, 6.07) is 7.43. The van der Waals surface area contributed by atoms with Gasteiger partial charge in [0.2, 0.25) is 5.82 Å². The molecule has 2 aromatic rings. The smallest absolute Gasteiger partial charge is 0.373 e. The van der Waals surface area contributed by atoms with E-state index in [1.54, 1.807) is 12.1 Å². The van der Waals surface area contributed by atoms with Gasteiger partial charge in [0.25, 0.3) is 0 Å². The Balaban J connectivity index is 1.79. The Morgan fingerprint density at radius 2 is 2.12 bits per heavy atom. The Kier molecular flexibility index (Phi) is 5.62. The molecule has 26 heavy (non-hydrogen) atoms. The Morgan fingerprint density at radius 3 is 2.73 bits per heavy atom. The molecule has 3 rings (SSSR count). The summed E-state index contributed by atoms with van der Waals surface area (Å²) < 4.78 is 11.2. The van der Waals surface area contributed by atoms with Gasteiger partial charge in [-0.05, 0) is 36.5 Å². The Hall–Kier alpha value is -2.74. The van der Waals surface area contributed by atoms with Crippen LogP contribution >= 0.6 is 0 Å². The average molecular weight is 358 g/mol. The maximum atomic E-state index is 11.5. The van der Waals surface area contributed by atoms with Crippen molar-refractivity contribution in [3.8, 4) is 11.6 Å². The Labute approximate surface area is 151 Å². The summed E-state index contributed by atoms with van der Waals surface area (Å²) in [5.74, 6) is 0.929. The number of aromatic nitrogens is 2. The zero-order valence-electron chi connectivity index (χ0n) is 14.8. The first-order valence-corrected chi connectivity index (χ1v) is 8.67. The number of rotatable bonds is 7. The van der Waals surface area contributed by atoms with Gasteiger partial charge in [-0.1, -0.05) is 26.0 Å². The van der Waals surface area contributed by atoms with Crippen LogP contribution in [0.25, 0.3) is 0 Å². The Bertz CT molecular complexity index is 758. The van der Waals surface area contributed by atoms with E-state index >= 15 is 0 Å². The molecule has 1 N–H and O–H groups in total. The highest BCUT2D eigenvalue weighted by Crippen LogP contribution is 2.34. The van der Waals surface area contributed by atoms with Crippen LogP contribution in [-0.2, 0) is 4.74 Å². The molecule has 0 amide bonds. The van der Waals surface area contributed by atoms with Gasteiger partial charge in [0.05, 0.1) is 11.0 Å². The molecule has 1 atom stereocenters. The molecule has 8 nitrogen and oxygen atoms in total. The second kappa shape index (κ2) is 8.09. The molecule has 1 aromatic heterocycles. The first-order chi connectivity index (χ1) is 12.5. The van der Waals surface area contributed by atoms with Gasteiger partial charge < -0.3 is 14.8 Å². The molecule has 0 spiro atoms. The van der Waals surface area contributed by atoms with Gasteiger partial charge in [-0.15, -0.1) is 0 Å². The summed E-state index contributed by atoms with van der Waals surface area (Å²) in [6.07, 6.45) is 3.22. The van der Waals surface area contributed by atoms with Crippen LogP contribution in [-0.4, -0.2) is 34.1 Å². The quantitative estimate of drug-likeness (QED) is 0.592. The predicted octanol–water partition coefficient (Wildman–Crippen LogP) is 3.89. The van der Waals surface area contributed by atoms with Crippen LogP contribution < -0.4 is 10.1 Å². The molecular weight excluding hydrogens is 336 g/mol. The number of nitrogens with one attached hydrogen (secondary N) is 1. The van der Waals surface area contributed by atoms with E-state index in [2.05, 4.69) is 29.1 Å². The maximum Gasteiger partial charge on any atom is 0.373 e. The second-order valence-corrected chi connectivity index (χ2v) is 6.47. The van der Waals surface area contributed by atoms with Crippen molar-refractivity contribution in [3.05, 3.63) is 46.3 Å². The molecule has 1 aromatic carbocycles. The number of nitro groups is 1. The monoisotopic (exact) mass is 358 g/mol. The van der Waals surface area contributed by atoms with Gasteiger partial charge in [0.1, 0.15) is 12.1 Å². The Morgan fingerprint density at radius 1 is 1.35 bits per heavy atom. The van der Waals surface area contributed by atoms with Crippen LogP contribution in [0.1, 0.15) is 38.2 Å². The van der Waals surface area contributed by atoms with E-state index in [9.17, 15) is 10.1 Å². The molecule has 8 heteroatoms. The minimum atomic E-state index is -0.532. The third-order valence-electron chi connectivity index (χ3n) is 4.25. The lowest BCUT2D eigenvalue weighted by Gasteiger charge is -2.12. The molecular formula is C18H22N4O4. The molecule has 0 saturated carbocycles. The summed E-state index contributed by atoms with van der Waals surface area (Å²) in [5.41, 5.74) is 0.881. The lowest BCUT2D eigenvalue weighted by molar-refractivity contribution is -0.385. The van der Waals surface area contributed by atoms with Crippen molar-refractivity contribution >= 4 is 11.5 Å². The maximum absolute atomic E-state index is 11.5. The zero-order valence-corrected chi connectivity index (χ0v) is 14.8. The summed E-state index contributed by atoms with van der Waals surface area (Å²) >= 11 is 0. The molecule has 1 unspecified atom stereocenters. The summed E-state index contributed by atoms with van der Waals surface area (Å²) in [7, 11) is 0. The summed E-state index contributed by atoms with van der Waals surface area (Å²) in [5, 5.41) is 14.5. The molecule has 1 aliphatic rings. The van der Waals surface area contributed by atoms with Gasteiger partial charge in [0, 0.05) is 13.2 Å². The van der Waals surface area contributed by atoms with E-state index in [-0.39, 0.29) is 23.5 Å². The third-order valence-corrected chi connectivity index (χ3v) is 4.25. The summed E-state index contributed by atoms with van der Waals surface area (Å²) in [6.45, 7) is 5.37. The molecule has 0 bridgehead atoms. The van der Waals surface area contributed by atoms with Crippen LogP contribution in [0.4, 0.5) is 11.5 Å². The molecule has 0 aliphatic carbocycles. The van der Waals surface area contributed by atoms with E-state index in [0.29, 0.717) is 18.2 Å². The van der Waals surface area contributed by atoms with Crippen LogP contribution in [0.3, 0.4) is 0 Å². The molecule has 1 aliphatic heterocycles. The zero-order chi connectivity index (χ0) is 18.5. The molecule has 1 fully saturated rings. The molecule has 138 valence electrons. The molecule has 0 radical (unpaired) electrons. The van der Waals surface area contributed by atoms with Crippen molar-refractivity contribution in [2.75, 3.05) is 18.5 Å². The third kappa shape index (κ3) is 4.26. The number of benzene rings is 1. The van der Waals surface area contributed by atoms with Crippen LogP contribution in [0.5, 0.6) is 11.6 Å². The van der Waals surface area contributed by atoms with Crippen LogP contribution in [0, 0.1) is 10.1 Å². The van der Waals surface area contributed by atoms with Crippen molar-refractivity contribution in [2.45, 2.75) is 38.7 Å². The standard InChI is InChI=1S/C18H22N4O4/c1-12(2)13-5-7-14(8-6-13)26-18-16(22(23)24)17(20-11-21-18)19-10-15-4-3-9-25-15/h5-8,11-12,15H,3-4,9-10H2,1-2H3,(H,19,20,21). The van der Waals surface area contributed by atoms with Gasteiger partial charge >= 0.3 is 11.6 Å². The lowest BCUT2D eigenvalue weighted by Crippen LogP contribution is -2.19. The van der Waals surface area contributed by atoms with E-state index in [1.807, 2.05) is 12.1 Å². The average Bonchev–Trinajstić information content (AvgIpc) is 3.14. The van der Waals surface area contributed by atoms with Crippen LogP contribution in [0.2, 0.25) is 0 Å². The largest absolute Gasteiger partial charge is 0.434 e. The van der Waals surface area contributed by atoms with Crippen molar-refractivity contribution in [2.24, 2.45) is 0 Å². The first kappa shape index (κ1) is 18.1. The number of anilines is 1. The van der Waals surface area contributed by atoms with Crippen molar-refractivity contribution in [1.82, 2.24) is 9.97 Å². The summed E-state index contributed by atoms with van der Waals surface area (Å²) in [4.78, 5) is 19.0. The highest BCUT2D eigenvalue weighted by molar-refractivity contribution is 5.61. The topological polar surface area (TPSA) is 99.4 Å². The fourth-order valence-corrected chi connectivity index (χ4v) is 2.78. The van der Waals surface area contributed by atoms with E-state index in [0.717, 1.165) is 25.0 Å². The van der Waals surface area contributed by atoms with Gasteiger partial charge in [-0.25, -0.2) is 4.98 Å². The highest BCUT2D eigenvalue weighted by atomic mass is 16.6. The number of ether oxygens (including phenoxy) is 2. The molecule has 1 saturated heterocycles. The second-order valence-electron chi connectivity index (χ2n) is 6.47. The number of hydrogen-bond donors (Lipinski definition) is 1. The van der Waals surface area contributed by atoms with Crippen molar-refractivity contribution in [1.29, 1.82) is 0 Å². The number of nitrogens with zero attached hydrogens (tertiary/aromatic N) is 3. The van der Waals surface area contributed by atoms with E-state index < -0.39 is 4.92 Å². The predicted molar refractivity (Wildman–Crippen MR) is 96.8 cm³/mol. The fourth-order valence-electron chi connectivity index (χ4n) is 2.78. The van der Waals surface area contributed by atoms with Crippen LogP contribution in [0.15, 0.2) is 30.6 Å². The van der Waals surface area contributed by atoms with Gasteiger partial charge in [-0.2, -0.15) is 4.98 Å².